The van der Waals surface area contributed by atoms with Crippen molar-refractivity contribution in [1.29, 1.82) is 0 Å². The number of carbonyl (C=O) groups is 2. The molecule has 1 aliphatic rings. The molecule has 2 atom stereocenters. The summed E-state index contributed by atoms with van der Waals surface area (Å²) in [5, 5.41) is 11.4. The van der Waals surface area contributed by atoms with Crippen LogP contribution in [0.3, 0.4) is 0 Å². The Morgan fingerprint density at radius 3 is 2.76 bits per heavy atom. The van der Waals surface area contributed by atoms with Gasteiger partial charge in [-0.3, -0.25) is 14.0 Å². The number of hydrogen-bond acceptors (Lipinski definition) is 4. The highest BCUT2D eigenvalue weighted by Crippen LogP contribution is 2.37. The lowest BCUT2D eigenvalue weighted by Gasteiger charge is -2.25. The van der Waals surface area contributed by atoms with Crippen LogP contribution in [0.4, 0.5) is 0 Å². The van der Waals surface area contributed by atoms with E-state index in [4.69, 9.17) is 0 Å². The first-order valence-corrected chi connectivity index (χ1v) is 9.93. The molecule has 0 aliphatic carbocycles. The van der Waals surface area contributed by atoms with Crippen LogP contribution in [0.25, 0.3) is 5.65 Å². The fraction of sp³-hybridized carbons (Fsp3) is 0.364. The zero-order valence-corrected chi connectivity index (χ0v) is 16.7. The number of pyridine rings is 1. The van der Waals surface area contributed by atoms with Crippen LogP contribution >= 0.6 is 0 Å². The first-order valence-electron chi connectivity index (χ1n) is 9.93. The molecule has 1 aliphatic heterocycles. The molecule has 1 saturated heterocycles. The van der Waals surface area contributed by atoms with E-state index in [2.05, 4.69) is 15.5 Å². The average Bonchev–Trinajstić information content (AvgIpc) is 3.27. The Bertz CT molecular complexity index is 1030. The molecule has 29 heavy (non-hydrogen) atoms. The maximum absolute atomic E-state index is 12.8. The third kappa shape index (κ3) is 3.85. The second-order valence-electron chi connectivity index (χ2n) is 7.61. The molecule has 1 aromatic carbocycles. The Morgan fingerprint density at radius 1 is 1.17 bits per heavy atom. The Morgan fingerprint density at radius 2 is 1.97 bits per heavy atom. The maximum atomic E-state index is 12.8. The van der Waals surface area contributed by atoms with Crippen LogP contribution < -0.4 is 5.32 Å². The van der Waals surface area contributed by atoms with Gasteiger partial charge in [-0.25, -0.2) is 0 Å². The quantitative estimate of drug-likeness (QED) is 0.654. The zero-order valence-electron chi connectivity index (χ0n) is 16.7. The summed E-state index contributed by atoms with van der Waals surface area (Å²) >= 11 is 0. The molecule has 7 heteroatoms. The van der Waals surface area contributed by atoms with Gasteiger partial charge in [0, 0.05) is 32.6 Å². The lowest BCUT2D eigenvalue weighted by Crippen LogP contribution is -2.35. The number of rotatable bonds is 6. The summed E-state index contributed by atoms with van der Waals surface area (Å²) < 4.78 is 1.96. The normalized spacial score (nSPS) is 19.1. The first-order chi connectivity index (χ1) is 14.0. The van der Waals surface area contributed by atoms with Gasteiger partial charge < -0.3 is 10.2 Å². The monoisotopic (exact) mass is 391 g/mol. The molecule has 0 spiro atoms. The Hall–Kier alpha value is -3.22. The Labute approximate surface area is 169 Å². The minimum Gasteiger partial charge on any atom is -0.356 e. The van der Waals surface area contributed by atoms with E-state index in [0.29, 0.717) is 6.54 Å². The number of aromatic nitrogens is 3. The minimum absolute atomic E-state index is 0.00524. The van der Waals surface area contributed by atoms with E-state index in [9.17, 15) is 9.59 Å². The van der Waals surface area contributed by atoms with Gasteiger partial charge in [0.15, 0.2) is 5.65 Å². The SMILES string of the molecule is Cc1ccc(C2C(C(=O)NCCCc3nnc4ccccn34)CC(=O)N2C)cc1. The number of amides is 2. The topological polar surface area (TPSA) is 79.6 Å². The maximum Gasteiger partial charge on any atom is 0.226 e. The van der Waals surface area contributed by atoms with Gasteiger partial charge in [0.25, 0.3) is 0 Å². The van der Waals surface area contributed by atoms with Crippen molar-refractivity contribution in [2.24, 2.45) is 5.92 Å². The first kappa shape index (κ1) is 19.1. The van der Waals surface area contributed by atoms with E-state index in [1.165, 1.54) is 0 Å². The molecule has 1 N–H and O–H groups in total. The van der Waals surface area contributed by atoms with Crippen molar-refractivity contribution in [3.8, 4) is 0 Å². The van der Waals surface area contributed by atoms with Gasteiger partial charge >= 0.3 is 0 Å². The van der Waals surface area contributed by atoms with Crippen molar-refractivity contribution in [1.82, 2.24) is 24.8 Å². The number of benzene rings is 1. The fourth-order valence-corrected chi connectivity index (χ4v) is 3.98. The number of nitrogens with zero attached hydrogens (tertiary/aromatic N) is 4. The lowest BCUT2D eigenvalue weighted by atomic mass is 9.92. The summed E-state index contributed by atoms with van der Waals surface area (Å²) in [7, 11) is 1.77. The highest BCUT2D eigenvalue weighted by Gasteiger charge is 2.42. The molecule has 0 saturated carbocycles. The smallest absolute Gasteiger partial charge is 0.226 e. The van der Waals surface area contributed by atoms with Crippen LogP contribution in [0.1, 0.15) is 35.8 Å². The van der Waals surface area contributed by atoms with Crippen LogP contribution in [-0.2, 0) is 16.0 Å². The second kappa shape index (κ2) is 8.03. The molecular weight excluding hydrogens is 366 g/mol. The average molecular weight is 391 g/mol. The van der Waals surface area contributed by atoms with Gasteiger partial charge in [0.2, 0.25) is 11.8 Å². The van der Waals surface area contributed by atoms with E-state index in [-0.39, 0.29) is 30.2 Å². The number of nitrogens with one attached hydrogen (secondary N) is 1. The largest absolute Gasteiger partial charge is 0.356 e. The molecule has 0 radical (unpaired) electrons. The van der Waals surface area contributed by atoms with Crippen molar-refractivity contribution in [3.63, 3.8) is 0 Å². The van der Waals surface area contributed by atoms with Crippen LogP contribution in [-0.4, -0.2) is 44.9 Å². The summed E-state index contributed by atoms with van der Waals surface area (Å²) in [5.41, 5.74) is 2.97. The van der Waals surface area contributed by atoms with Crippen molar-refractivity contribution in [3.05, 3.63) is 65.6 Å². The van der Waals surface area contributed by atoms with E-state index < -0.39 is 0 Å². The molecule has 0 bridgehead atoms. The summed E-state index contributed by atoms with van der Waals surface area (Å²) in [6, 6.07) is 13.6. The minimum atomic E-state index is -0.371. The number of hydrogen-bond donors (Lipinski definition) is 1. The molecule has 2 unspecified atom stereocenters. The van der Waals surface area contributed by atoms with Gasteiger partial charge in [-0.1, -0.05) is 35.9 Å². The van der Waals surface area contributed by atoms with Crippen molar-refractivity contribution in [2.75, 3.05) is 13.6 Å². The molecule has 2 amide bonds. The predicted molar refractivity (Wildman–Crippen MR) is 109 cm³/mol. The van der Waals surface area contributed by atoms with Gasteiger partial charge in [-0.15, -0.1) is 10.2 Å². The highest BCUT2D eigenvalue weighted by atomic mass is 16.2. The molecule has 1 fully saturated rings. The molecule has 4 rings (SSSR count). The third-order valence-corrected chi connectivity index (χ3v) is 5.60. The van der Waals surface area contributed by atoms with Crippen LogP contribution in [0.5, 0.6) is 0 Å². The molecule has 3 aromatic rings. The summed E-state index contributed by atoms with van der Waals surface area (Å²) in [5.74, 6) is 0.442. The van der Waals surface area contributed by atoms with E-state index >= 15 is 0 Å². The highest BCUT2D eigenvalue weighted by molar-refractivity contribution is 5.90. The predicted octanol–water partition coefficient (Wildman–Crippen LogP) is 2.31. The summed E-state index contributed by atoms with van der Waals surface area (Å²) in [6.45, 7) is 2.56. The Kier molecular flexibility index (Phi) is 5.29. The summed E-state index contributed by atoms with van der Waals surface area (Å²) in [6.07, 6.45) is 3.66. The van der Waals surface area contributed by atoms with Gasteiger partial charge in [-0.05, 0) is 31.0 Å². The number of fused-ring (bicyclic) bond motifs is 1. The number of carbonyl (C=O) groups excluding carboxylic acids is 2. The van der Waals surface area contributed by atoms with Gasteiger partial charge in [0.1, 0.15) is 5.82 Å². The van der Waals surface area contributed by atoms with Crippen LogP contribution in [0.2, 0.25) is 0 Å². The zero-order chi connectivity index (χ0) is 20.4. The van der Waals surface area contributed by atoms with Gasteiger partial charge in [-0.2, -0.15) is 0 Å². The molecule has 7 nitrogen and oxygen atoms in total. The van der Waals surface area contributed by atoms with E-state index in [1.807, 2.05) is 60.0 Å². The van der Waals surface area contributed by atoms with Crippen LogP contribution in [0.15, 0.2) is 48.7 Å². The van der Waals surface area contributed by atoms with Crippen molar-refractivity contribution >= 4 is 17.5 Å². The third-order valence-electron chi connectivity index (χ3n) is 5.60. The number of likely N-dealkylation sites (tertiary alicyclic amines) is 1. The van der Waals surface area contributed by atoms with Crippen molar-refractivity contribution in [2.45, 2.75) is 32.2 Å². The van der Waals surface area contributed by atoms with E-state index in [1.54, 1.807) is 11.9 Å². The lowest BCUT2D eigenvalue weighted by molar-refractivity contribution is -0.128. The fourth-order valence-electron chi connectivity index (χ4n) is 3.98. The van der Waals surface area contributed by atoms with Gasteiger partial charge in [0.05, 0.1) is 12.0 Å². The molecule has 2 aromatic heterocycles. The Balaban J connectivity index is 1.36. The number of aryl methyl sites for hydroxylation is 2. The second-order valence-corrected chi connectivity index (χ2v) is 7.61. The molecule has 3 heterocycles. The molecule has 150 valence electrons. The summed E-state index contributed by atoms with van der Waals surface area (Å²) in [4.78, 5) is 26.8. The van der Waals surface area contributed by atoms with Crippen molar-refractivity contribution < 1.29 is 9.59 Å². The van der Waals surface area contributed by atoms with Crippen LogP contribution in [0, 0.1) is 12.8 Å². The molecular formula is C22H25N5O2. The van der Waals surface area contributed by atoms with E-state index in [0.717, 1.165) is 35.4 Å². The standard InChI is InChI=1S/C22H25N5O2/c1-15-8-10-16(11-9-15)21-17(14-20(28)26(21)2)22(29)23-12-5-7-19-25-24-18-6-3-4-13-27(18)19/h3-4,6,8-11,13,17,21H,5,7,12,14H2,1-2H3,(H,23,29).